The van der Waals surface area contributed by atoms with E-state index in [9.17, 15) is 0 Å². The largest absolute Gasteiger partial charge is 0.381 e. The van der Waals surface area contributed by atoms with E-state index in [1.807, 2.05) is 5.38 Å². The van der Waals surface area contributed by atoms with Gasteiger partial charge in [0.1, 0.15) is 5.15 Å². The van der Waals surface area contributed by atoms with E-state index in [2.05, 4.69) is 16.8 Å². The molecule has 0 amide bonds. The Kier molecular flexibility index (Phi) is 3.49. The number of methoxy groups -OCH3 is 1. The molecule has 0 aromatic carbocycles. The molecule has 84 valence electrons. The van der Waals surface area contributed by atoms with Gasteiger partial charge in [0.15, 0.2) is 5.13 Å². The number of halogens is 1. The Morgan fingerprint density at radius 3 is 3.00 bits per heavy atom. The summed E-state index contributed by atoms with van der Waals surface area (Å²) in [6.45, 7) is 3.21. The van der Waals surface area contributed by atoms with Crippen LogP contribution in [0.4, 0.5) is 5.13 Å². The van der Waals surface area contributed by atoms with E-state index < -0.39 is 0 Å². The molecule has 0 spiro atoms. The monoisotopic (exact) mass is 246 g/mol. The number of piperidine rings is 1. The second-order valence-corrected chi connectivity index (χ2v) is 5.10. The van der Waals surface area contributed by atoms with E-state index in [1.54, 1.807) is 18.4 Å². The maximum Gasteiger partial charge on any atom is 0.186 e. The number of nitrogens with zero attached hydrogens (tertiary/aromatic N) is 2. The number of anilines is 1. The molecule has 1 saturated heterocycles. The van der Waals surface area contributed by atoms with Crippen molar-refractivity contribution in [1.29, 1.82) is 0 Å². The van der Waals surface area contributed by atoms with Crippen LogP contribution in [0.15, 0.2) is 5.38 Å². The Morgan fingerprint density at radius 1 is 1.67 bits per heavy atom. The molecule has 2 unspecified atom stereocenters. The maximum absolute atomic E-state index is 5.83. The smallest absolute Gasteiger partial charge is 0.186 e. The zero-order chi connectivity index (χ0) is 10.8. The zero-order valence-electron chi connectivity index (χ0n) is 8.94. The number of ether oxygens (including phenoxy) is 1. The van der Waals surface area contributed by atoms with E-state index in [0.717, 1.165) is 24.5 Å². The van der Waals surface area contributed by atoms with Crippen LogP contribution in [-0.2, 0) is 4.74 Å². The van der Waals surface area contributed by atoms with Gasteiger partial charge in [0.25, 0.3) is 0 Å². The fourth-order valence-corrected chi connectivity index (χ4v) is 3.08. The Hall–Kier alpha value is -0.320. The predicted molar refractivity (Wildman–Crippen MR) is 64.0 cm³/mol. The lowest BCUT2D eigenvalue weighted by Crippen LogP contribution is -2.43. The molecule has 1 aliphatic rings. The summed E-state index contributed by atoms with van der Waals surface area (Å²) in [5.41, 5.74) is 0. The Balaban J connectivity index is 2.05. The van der Waals surface area contributed by atoms with Crippen LogP contribution in [0.5, 0.6) is 0 Å². The lowest BCUT2D eigenvalue weighted by atomic mass is 10.0. The summed E-state index contributed by atoms with van der Waals surface area (Å²) in [6.07, 6.45) is 2.53. The van der Waals surface area contributed by atoms with Gasteiger partial charge in [-0.1, -0.05) is 11.6 Å². The second kappa shape index (κ2) is 4.68. The van der Waals surface area contributed by atoms with Gasteiger partial charge in [-0.15, -0.1) is 11.3 Å². The van der Waals surface area contributed by atoms with Crippen LogP contribution >= 0.6 is 22.9 Å². The highest BCUT2D eigenvalue weighted by atomic mass is 35.5. The van der Waals surface area contributed by atoms with Crippen molar-refractivity contribution in [2.24, 2.45) is 0 Å². The van der Waals surface area contributed by atoms with Gasteiger partial charge >= 0.3 is 0 Å². The molecule has 1 fully saturated rings. The van der Waals surface area contributed by atoms with Gasteiger partial charge in [-0.2, -0.15) is 0 Å². The van der Waals surface area contributed by atoms with Gasteiger partial charge in [0, 0.05) is 25.1 Å². The van der Waals surface area contributed by atoms with Gasteiger partial charge in [0.05, 0.1) is 6.10 Å². The first-order valence-electron chi connectivity index (χ1n) is 5.11. The number of hydrogen-bond acceptors (Lipinski definition) is 4. The van der Waals surface area contributed by atoms with Crippen molar-refractivity contribution in [3.05, 3.63) is 10.5 Å². The van der Waals surface area contributed by atoms with Crippen LogP contribution in [-0.4, -0.2) is 30.8 Å². The molecule has 15 heavy (non-hydrogen) atoms. The summed E-state index contributed by atoms with van der Waals surface area (Å²) >= 11 is 7.44. The lowest BCUT2D eigenvalue weighted by molar-refractivity contribution is 0.0721. The molecule has 1 aliphatic heterocycles. The summed E-state index contributed by atoms with van der Waals surface area (Å²) in [5, 5.41) is 3.50. The van der Waals surface area contributed by atoms with Gasteiger partial charge in [-0.25, -0.2) is 4.98 Å². The van der Waals surface area contributed by atoms with Gasteiger partial charge < -0.3 is 9.64 Å². The first-order valence-corrected chi connectivity index (χ1v) is 6.37. The topological polar surface area (TPSA) is 25.4 Å². The van der Waals surface area contributed by atoms with Gasteiger partial charge in [-0.05, 0) is 19.8 Å². The van der Waals surface area contributed by atoms with Gasteiger partial charge in [0.2, 0.25) is 0 Å². The van der Waals surface area contributed by atoms with E-state index >= 15 is 0 Å². The molecule has 0 saturated carbocycles. The first kappa shape index (κ1) is 11.2. The minimum Gasteiger partial charge on any atom is -0.381 e. The van der Waals surface area contributed by atoms with Crippen molar-refractivity contribution in [2.75, 3.05) is 18.6 Å². The quantitative estimate of drug-likeness (QED) is 0.803. The molecular formula is C10H15ClN2OS. The summed E-state index contributed by atoms with van der Waals surface area (Å²) < 4.78 is 5.38. The Morgan fingerprint density at radius 2 is 2.47 bits per heavy atom. The summed E-state index contributed by atoms with van der Waals surface area (Å²) in [4.78, 5) is 6.62. The Labute approximate surface area is 99.0 Å². The third-order valence-electron chi connectivity index (χ3n) is 2.87. The molecule has 5 heteroatoms. The molecular weight excluding hydrogens is 232 g/mol. The average molecular weight is 247 g/mol. The number of rotatable bonds is 2. The standard InChI is InChI=1S/C10H15ClN2OS/c1-7-5-8(14-2)3-4-13(7)10-12-9(11)6-15-10/h6-8H,3-5H2,1-2H3. The van der Waals surface area contributed by atoms with Crippen molar-refractivity contribution in [3.63, 3.8) is 0 Å². The van der Waals surface area contributed by atoms with Crippen LogP contribution in [0, 0.1) is 0 Å². The van der Waals surface area contributed by atoms with E-state index in [4.69, 9.17) is 16.3 Å². The van der Waals surface area contributed by atoms with Crippen molar-refractivity contribution in [3.8, 4) is 0 Å². The molecule has 2 heterocycles. The van der Waals surface area contributed by atoms with E-state index in [-0.39, 0.29) is 0 Å². The fourth-order valence-electron chi connectivity index (χ4n) is 2.00. The van der Waals surface area contributed by atoms with E-state index in [1.165, 1.54) is 0 Å². The van der Waals surface area contributed by atoms with Crippen molar-refractivity contribution >= 4 is 28.1 Å². The van der Waals surface area contributed by atoms with Crippen LogP contribution in [0.3, 0.4) is 0 Å². The highest BCUT2D eigenvalue weighted by Gasteiger charge is 2.26. The van der Waals surface area contributed by atoms with Crippen LogP contribution in [0.1, 0.15) is 19.8 Å². The normalized spacial score (nSPS) is 27.0. The number of thiazole rings is 1. The molecule has 0 radical (unpaired) electrons. The SMILES string of the molecule is COC1CCN(c2nc(Cl)cs2)C(C)C1. The third kappa shape index (κ3) is 2.44. The minimum atomic E-state index is 0.395. The molecule has 0 N–H and O–H groups in total. The van der Waals surface area contributed by atoms with Crippen LogP contribution < -0.4 is 4.90 Å². The predicted octanol–water partition coefficient (Wildman–Crippen LogP) is 2.80. The molecule has 0 aliphatic carbocycles. The fraction of sp³-hybridized carbons (Fsp3) is 0.700. The second-order valence-electron chi connectivity index (χ2n) is 3.88. The van der Waals surface area contributed by atoms with Crippen molar-refractivity contribution < 1.29 is 4.74 Å². The molecule has 3 nitrogen and oxygen atoms in total. The summed E-state index contributed by atoms with van der Waals surface area (Å²) in [5.74, 6) is 0. The molecule has 1 aromatic rings. The summed E-state index contributed by atoms with van der Waals surface area (Å²) in [6, 6.07) is 0.478. The maximum atomic E-state index is 5.83. The van der Waals surface area contributed by atoms with Crippen molar-refractivity contribution in [2.45, 2.75) is 31.9 Å². The molecule has 0 bridgehead atoms. The molecule has 2 rings (SSSR count). The first-order chi connectivity index (χ1) is 7.20. The van der Waals surface area contributed by atoms with Gasteiger partial charge in [-0.3, -0.25) is 0 Å². The third-order valence-corrected chi connectivity index (χ3v) is 4.07. The number of aromatic nitrogens is 1. The average Bonchev–Trinajstić information content (AvgIpc) is 2.64. The summed E-state index contributed by atoms with van der Waals surface area (Å²) in [7, 11) is 1.79. The van der Waals surface area contributed by atoms with Crippen LogP contribution in [0.2, 0.25) is 5.15 Å². The Bertz CT molecular complexity index is 331. The van der Waals surface area contributed by atoms with E-state index in [0.29, 0.717) is 17.3 Å². The zero-order valence-corrected chi connectivity index (χ0v) is 10.5. The number of hydrogen-bond donors (Lipinski definition) is 0. The molecule has 2 atom stereocenters. The molecule has 1 aromatic heterocycles. The van der Waals surface area contributed by atoms with Crippen molar-refractivity contribution in [1.82, 2.24) is 4.98 Å². The van der Waals surface area contributed by atoms with Crippen LogP contribution in [0.25, 0.3) is 0 Å². The minimum absolute atomic E-state index is 0.395. The highest BCUT2D eigenvalue weighted by Crippen LogP contribution is 2.29. The lowest BCUT2D eigenvalue weighted by Gasteiger charge is -2.36. The highest BCUT2D eigenvalue weighted by molar-refractivity contribution is 7.14.